The van der Waals surface area contributed by atoms with Crippen molar-refractivity contribution in [3.05, 3.63) is 119 Å². The Balaban J connectivity index is 1.24. The minimum atomic E-state index is -0.507. The van der Waals surface area contributed by atoms with Gasteiger partial charge >= 0.3 is 0 Å². The van der Waals surface area contributed by atoms with Crippen molar-refractivity contribution in [2.45, 2.75) is 24.0 Å². The zero-order valence-corrected chi connectivity index (χ0v) is 23.8. The normalized spacial score (nSPS) is 12.5. The summed E-state index contributed by atoms with van der Waals surface area (Å²) in [5.74, 6) is -0.831. The van der Waals surface area contributed by atoms with E-state index in [4.69, 9.17) is 12.2 Å². The van der Waals surface area contributed by atoms with Crippen molar-refractivity contribution in [2.75, 3.05) is 16.0 Å². The summed E-state index contributed by atoms with van der Waals surface area (Å²) in [6.07, 6.45) is 0. The Kier molecular flexibility index (Phi) is 8.09. The molecule has 0 saturated heterocycles. The summed E-state index contributed by atoms with van der Waals surface area (Å²) in [5, 5.41) is 8.95. The summed E-state index contributed by atoms with van der Waals surface area (Å²) in [5.41, 5.74) is 3.61. The second-order valence-corrected chi connectivity index (χ2v) is 11.2. The second kappa shape index (κ2) is 11.9. The Hall–Kier alpha value is -4.60. The van der Waals surface area contributed by atoms with E-state index in [0.717, 1.165) is 16.3 Å². The van der Waals surface area contributed by atoms with Crippen LogP contribution in [0.2, 0.25) is 0 Å². The number of amides is 1. The quantitative estimate of drug-likeness (QED) is 0.113. The van der Waals surface area contributed by atoms with Gasteiger partial charge in [0.25, 0.3) is 0 Å². The van der Waals surface area contributed by atoms with Gasteiger partial charge in [0.05, 0.1) is 16.5 Å². The third-order valence-corrected chi connectivity index (χ3v) is 7.83. The molecule has 1 atom stereocenters. The molecule has 9 heteroatoms. The molecule has 3 N–H and O–H groups in total. The molecular weight excluding hydrogens is 555 g/mol. The first-order valence-corrected chi connectivity index (χ1v) is 14.1. The van der Waals surface area contributed by atoms with Gasteiger partial charge in [-0.1, -0.05) is 42.5 Å². The van der Waals surface area contributed by atoms with Gasteiger partial charge in [0.1, 0.15) is 0 Å². The molecule has 0 heterocycles. The van der Waals surface area contributed by atoms with Crippen LogP contribution in [0.5, 0.6) is 0 Å². The number of hydrogen-bond donors (Lipinski definition) is 3. The number of carbonyl (C=O) groups is 4. The molecule has 0 aliphatic heterocycles. The van der Waals surface area contributed by atoms with E-state index in [1.54, 1.807) is 73.7 Å². The van der Waals surface area contributed by atoms with Gasteiger partial charge in [-0.25, -0.2) is 0 Å². The van der Waals surface area contributed by atoms with E-state index < -0.39 is 5.25 Å². The highest BCUT2D eigenvalue weighted by molar-refractivity contribution is 8.00. The maximum atomic E-state index is 13.3. The van der Waals surface area contributed by atoms with E-state index >= 15 is 0 Å². The maximum absolute atomic E-state index is 13.3. The highest BCUT2D eigenvalue weighted by Gasteiger charge is 2.32. The molecule has 204 valence electrons. The number of ketones is 3. The molecule has 1 unspecified atom stereocenters. The first-order valence-electron chi connectivity index (χ1n) is 12.8. The Labute approximate surface area is 246 Å². The molecule has 5 rings (SSSR count). The van der Waals surface area contributed by atoms with Gasteiger partial charge in [0, 0.05) is 38.5 Å². The molecule has 0 radical (unpaired) electrons. The van der Waals surface area contributed by atoms with Gasteiger partial charge in [-0.2, -0.15) is 0 Å². The topological polar surface area (TPSA) is 104 Å². The van der Waals surface area contributed by atoms with Gasteiger partial charge in [0.15, 0.2) is 22.5 Å². The number of benzene rings is 4. The summed E-state index contributed by atoms with van der Waals surface area (Å²) < 4.78 is 0. The molecule has 0 fully saturated rings. The summed E-state index contributed by atoms with van der Waals surface area (Å²) in [4.78, 5) is 51.7. The van der Waals surface area contributed by atoms with E-state index in [9.17, 15) is 19.2 Å². The lowest BCUT2D eigenvalue weighted by atomic mass is 9.83. The molecule has 1 amide bonds. The number of thioether (sulfide) groups is 1. The smallest absolute Gasteiger partial charge is 0.237 e. The van der Waals surface area contributed by atoms with Gasteiger partial charge in [0.2, 0.25) is 5.91 Å². The lowest BCUT2D eigenvalue weighted by molar-refractivity contribution is -0.115. The van der Waals surface area contributed by atoms with Crippen molar-refractivity contribution >= 4 is 69.4 Å². The third-order valence-electron chi connectivity index (χ3n) is 6.53. The number of thiocarbonyl (C=S) groups is 1. The highest BCUT2D eigenvalue weighted by atomic mass is 32.2. The Bertz CT molecular complexity index is 1720. The average molecular weight is 580 g/mol. The van der Waals surface area contributed by atoms with Crippen molar-refractivity contribution in [1.82, 2.24) is 0 Å². The molecule has 0 spiro atoms. The van der Waals surface area contributed by atoms with E-state index in [1.165, 1.54) is 18.7 Å². The predicted octanol–water partition coefficient (Wildman–Crippen LogP) is 6.59. The summed E-state index contributed by atoms with van der Waals surface area (Å²) in [6.45, 7) is 3.29. The molecule has 41 heavy (non-hydrogen) atoms. The Morgan fingerprint density at radius 2 is 1.37 bits per heavy atom. The number of hydrogen-bond acceptors (Lipinski definition) is 6. The van der Waals surface area contributed by atoms with Crippen molar-refractivity contribution in [2.24, 2.45) is 0 Å². The number of nitrogens with one attached hydrogen (secondary N) is 3. The minimum Gasteiger partial charge on any atom is -0.332 e. The molecule has 0 bridgehead atoms. The van der Waals surface area contributed by atoms with E-state index in [2.05, 4.69) is 16.0 Å². The fourth-order valence-corrected chi connectivity index (χ4v) is 5.63. The van der Waals surface area contributed by atoms with Crippen LogP contribution in [0.15, 0.2) is 95.9 Å². The van der Waals surface area contributed by atoms with Gasteiger partial charge < -0.3 is 16.0 Å². The van der Waals surface area contributed by atoms with E-state index in [-0.39, 0.29) is 34.4 Å². The van der Waals surface area contributed by atoms with E-state index in [1.807, 2.05) is 24.3 Å². The van der Waals surface area contributed by atoms with E-state index in [0.29, 0.717) is 27.5 Å². The number of anilines is 3. The maximum Gasteiger partial charge on any atom is 0.237 e. The highest BCUT2D eigenvalue weighted by Crippen LogP contribution is 2.33. The molecule has 7 nitrogen and oxygen atoms in total. The molecule has 0 saturated carbocycles. The molecule has 1 aliphatic carbocycles. The Morgan fingerprint density at radius 3 is 2.07 bits per heavy atom. The van der Waals surface area contributed by atoms with Crippen molar-refractivity contribution in [1.29, 1.82) is 0 Å². The largest absolute Gasteiger partial charge is 0.332 e. The number of rotatable bonds is 7. The van der Waals surface area contributed by atoms with Crippen LogP contribution < -0.4 is 16.0 Å². The fraction of sp³-hybridized carbons (Fsp3) is 0.0938. The summed E-state index contributed by atoms with van der Waals surface area (Å²) in [6, 6.07) is 26.1. The number of carbonyl (C=O) groups excluding carboxylic acids is 4. The molecule has 4 aromatic rings. The van der Waals surface area contributed by atoms with Crippen LogP contribution in [0.3, 0.4) is 0 Å². The standard InChI is InChI=1S/C32H25N3O4S2/c1-18(36)20-13-15-21(16-14-20)33-32(40)34-22-7-5-8-23(17-22)41-19(2)31(39)35-27-12-6-11-26-28(27)30(38)25-10-4-3-9-24(25)29(26)37/h3-17,19H,1-2H3,(H,35,39)(H2,33,34,40). The Morgan fingerprint density at radius 1 is 0.732 bits per heavy atom. The lowest BCUT2D eigenvalue weighted by Crippen LogP contribution is -2.27. The van der Waals surface area contributed by atoms with Crippen LogP contribution >= 0.6 is 24.0 Å². The van der Waals surface area contributed by atoms with Crippen LogP contribution in [0, 0.1) is 0 Å². The number of Topliss-reactive ketones (excluding diaryl/α,β-unsaturated/α-hetero) is 1. The summed E-state index contributed by atoms with van der Waals surface area (Å²) in [7, 11) is 0. The average Bonchev–Trinajstić information content (AvgIpc) is 2.96. The SMILES string of the molecule is CC(=O)c1ccc(NC(=S)Nc2cccc(SC(C)C(=O)Nc3cccc4c3C(=O)c3ccccc3C4=O)c2)cc1. The molecule has 1 aliphatic rings. The van der Waals surface area contributed by atoms with Crippen molar-refractivity contribution in [3.8, 4) is 0 Å². The predicted molar refractivity (Wildman–Crippen MR) is 166 cm³/mol. The van der Waals surface area contributed by atoms with Gasteiger partial charge in [-0.05, 0) is 74.6 Å². The fourth-order valence-electron chi connectivity index (χ4n) is 4.47. The molecule has 0 aromatic heterocycles. The van der Waals surface area contributed by atoms with Crippen LogP contribution in [0.4, 0.5) is 17.1 Å². The first-order chi connectivity index (χ1) is 19.7. The first kappa shape index (κ1) is 27.9. The molecule has 4 aromatic carbocycles. The van der Waals surface area contributed by atoms with Gasteiger partial charge in [-0.3, -0.25) is 19.2 Å². The summed E-state index contributed by atoms with van der Waals surface area (Å²) >= 11 is 6.78. The van der Waals surface area contributed by atoms with Gasteiger partial charge in [-0.15, -0.1) is 11.8 Å². The lowest BCUT2D eigenvalue weighted by Gasteiger charge is -2.21. The monoisotopic (exact) mass is 579 g/mol. The van der Waals surface area contributed by atoms with Crippen molar-refractivity contribution < 1.29 is 19.2 Å². The zero-order chi connectivity index (χ0) is 29.1. The second-order valence-electron chi connectivity index (χ2n) is 9.42. The third kappa shape index (κ3) is 6.11. The van der Waals surface area contributed by atoms with Crippen molar-refractivity contribution in [3.63, 3.8) is 0 Å². The van der Waals surface area contributed by atoms with Crippen LogP contribution in [0.25, 0.3) is 0 Å². The van der Waals surface area contributed by atoms with Crippen LogP contribution in [-0.2, 0) is 4.79 Å². The van der Waals surface area contributed by atoms with Crippen LogP contribution in [0.1, 0.15) is 56.0 Å². The van der Waals surface area contributed by atoms with Crippen LogP contribution in [-0.4, -0.2) is 33.6 Å². The minimum absolute atomic E-state index is 0.00744. The molecular formula is C32H25N3O4S2. The zero-order valence-electron chi connectivity index (χ0n) is 22.2. The number of fused-ring (bicyclic) bond motifs is 2.